The third-order valence-electron chi connectivity index (χ3n) is 2.70. The van der Waals surface area contributed by atoms with Gasteiger partial charge in [-0.05, 0) is 55.1 Å². The maximum absolute atomic E-state index is 13.3. The Morgan fingerprint density at radius 2 is 1.83 bits per heavy atom. The molecule has 0 spiro atoms. The number of anilines is 3. The summed E-state index contributed by atoms with van der Waals surface area (Å²) >= 11 is 1.69. The summed E-state index contributed by atoms with van der Waals surface area (Å²) < 4.78 is 13.3. The predicted octanol–water partition coefficient (Wildman–Crippen LogP) is 4.18. The molecular formula is C14H15FN2S. The van der Waals surface area contributed by atoms with Gasteiger partial charge in [0, 0.05) is 10.6 Å². The predicted molar refractivity (Wildman–Crippen MR) is 77.1 cm³/mol. The second kappa shape index (κ2) is 5.31. The van der Waals surface area contributed by atoms with E-state index < -0.39 is 0 Å². The molecule has 2 rings (SSSR count). The highest BCUT2D eigenvalue weighted by Crippen LogP contribution is 2.27. The summed E-state index contributed by atoms with van der Waals surface area (Å²) in [6.45, 7) is 1.72. The Hall–Kier alpha value is -1.68. The van der Waals surface area contributed by atoms with Crippen LogP contribution in [-0.4, -0.2) is 6.26 Å². The summed E-state index contributed by atoms with van der Waals surface area (Å²) in [4.78, 5) is 1.20. The number of halogens is 1. The summed E-state index contributed by atoms with van der Waals surface area (Å²) in [5.74, 6) is -0.282. The van der Waals surface area contributed by atoms with E-state index in [1.54, 1.807) is 24.8 Å². The van der Waals surface area contributed by atoms with Crippen molar-refractivity contribution >= 4 is 28.8 Å². The minimum atomic E-state index is -0.282. The number of thioether (sulfide) groups is 1. The molecule has 2 aromatic carbocycles. The van der Waals surface area contributed by atoms with Crippen LogP contribution in [0.3, 0.4) is 0 Å². The fourth-order valence-corrected chi connectivity index (χ4v) is 2.04. The van der Waals surface area contributed by atoms with Gasteiger partial charge in [0.15, 0.2) is 0 Å². The second-order valence-corrected chi connectivity index (χ2v) is 4.92. The van der Waals surface area contributed by atoms with E-state index in [4.69, 9.17) is 5.73 Å². The summed E-state index contributed by atoms with van der Waals surface area (Å²) in [6, 6.07) is 11.1. The van der Waals surface area contributed by atoms with Gasteiger partial charge in [-0.1, -0.05) is 0 Å². The van der Waals surface area contributed by atoms with Crippen LogP contribution < -0.4 is 11.1 Å². The van der Waals surface area contributed by atoms with Crippen LogP contribution in [0.15, 0.2) is 41.3 Å². The molecule has 0 heterocycles. The van der Waals surface area contributed by atoms with E-state index in [-0.39, 0.29) is 5.82 Å². The van der Waals surface area contributed by atoms with Crippen molar-refractivity contribution in [3.8, 4) is 0 Å². The average molecular weight is 262 g/mol. The third kappa shape index (κ3) is 2.76. The van der Waals surface area contributed by atoms with Crippen molar-refractivity contribution in [3.05, 3.63) is 47.8 Å². The second-order valence-electron chi connectivity index (χ2n) is 4.04. The van der Waals surface area contributed by atoms with Gasteiger partial charge in [0.2, 0.25) is 0 Å². The van der Waals surface area contributed by atoms with E-state index >= 15 is 0 Å². The molecule has 0 radical (unpaired) electrons. The van der Waals surface area contributed by atoms with Gasteiger partial charge in [-0.25, -0.2) is 4.39 Å². The van der Waals surface area contributed by atoms with Crippen molar-refractivity contribution in [2.45, 2.75) is 11.8 Å². The Morgan fingerprint density at radius 1 is 1.17 bits per heavy atom. The van der Waals surface area contributed by atoms with Gasteiger partial charge in [-0.15, -0.1) is 11.8 Å². The lowest BCUT2D eigenvalue weighted by Gasteiger charge is -2.11. The Labute approximate surface area is 110 Å². The van der Waals surface area contributed by atoms with Gasteiger partial charge in [-0.3, -0.25) is 0 Å². The van der Waals surface area contributed by atoms with E-state index in [0.29, 0.717) is 11.3 Å². The monoisotopic (exact) mass is 262 g/mol. The SMILES string of the molecule is CSc1ccc(Nc2cc(C)c(F)cc2N)cc1. The van der Waals surface area contributed by atoms with Crippen molar-refractivity contribution in [1.29, 1.82) is 0 Å². The van der Waals surface area contributed by atoms with E-state index in [0.717, 1.165) is 11.4 Å². The smallest absolute Gasteiger partial charge is 0.128 e. The lowest BCUT2D eigenvalue weighted by atomic mass is 10.1. The molecule has 0 bridgehead atoms. The molecule has 0 fully saturated rings. The summed E-state index contributed by atoms with van der Waals surface area (Å²) in [7, 11) is 0. The van der Waals surface area contributed by atoms with Crippen molar-refractivity contribution in [1.82, 2.24) is 0 Å². The first kappa shape index (κ1) is 12.8. The van der Waals surface area contributed by atoms with Gasteiger partial charge in [0.05, 0.1) is 11.4 Å². The van der Waals surface area contributed by atoms with E-state index in [2.05, 4.69) is 5.32 Å². The van der Waals surface area contributed by atoms with E-state index in [9.17, 15) is 4.39 Å². The molecule has 0 aliphatic carbocycles. The zero-order chi connectivity index (χ0) is 13.1. The maximum Gasteiger partial charge on any atom is 0.128 e. The van der Waals surface area contributed by atoms with Crippen LogP contribution in [0.5, 0.6) is 0 Å². The van der Waals surface area contributed by atoms with Crippen LogP contribution in [-0.2, 0) is 0 Å². The number of nitrogen functional groups attached to an aromatic ring is 1. The largest absolute Gasteiger partial charge is 0.397 e. The number of nitrogens with two attached hydrogens (primary N) is 1. The van der Waals surface area contributed by atoms with Gasteiger partial charge in [0.25, 0.3) is 0 Å². The molecule has 0 amide bonds. The number of benzene rings is 2. The fourth-order valence-electron chi connectivity index (χ4n) is 1.64. The molecule has 0 unspecified atom stereocenters. The summed E-state index contributed by atoms with van der Waals surface area (Å²) in [6.07, 6.45) is 2.03. The summed E-state index contributed by atoms with van der Waals surface area (Å²) in [5.41, 5.74) is 8.44. The minimum Gasteiger partial charge on any atom is -0.397 e. The molecule has 0 aromatic heterocycles. The van der Waals surface area contributed by atoms with Gasteiger partial charge in [-0.2, -0.15) is 0 Å². The van der Waals surface area contributed by atoms with Gasteiger partial charge in [0.1, 0.15) is 5.82 Å². The first-order valence-corrected chi connectivity index (χ1v) is 6.79. The normalized spacial score (nSPS) is 10.4. The third-order valence-corrected chi connectivity index (χ3v) is 3.44. The van der Waals surface area contributed by atoms with Crippen molar-refractivity contribution < 1.29 is 4.39 Å². The van der Waals surface area contributed by atoms with Gasteiger partial charge >= 0.3 is 0 Å². The highest BCUT2D eigenvalue weighted by molar-refractivity contribution is 7.98. The lowest BCUT2D eigenvalue weighted by Crippen LogP contribution is -1.98. The van der Waals surface area contributed by atoms with E-state index in [1.807, 2.05) is 30.5 Å². The van der Waals surface area contributed by atoms with Crippen molar-refractivity contribution in [3.63, 3.8) is 0 Å². The molecule has 0 aliphatic rings. The molecule has 18 heavy (non-hydrogen) atoms. The standard InChI is InChI=1S/C14H15FN2S/c1-9-7-14(13(16)8-12(9)15)17-10-3-5-11(18-2)6-4-10/h3-8,17H,16H2,1-2H3. The quantitative estimate of drug-likeness (QED) is 0.643. The highest BCUT2D eigenvalue weighted by atomic mass is 32.2. The highest BCUT2D eigenvalue weighted by Gasteiger charge is 2.05. The van der Waals surface area contributed by atoms with Crippen LogP contribution in [0, 0.1) is 12.7 Å². The average Bonchev–Trinajstić information content (AvgIpc) is 2.37. The van der Waals surface area contributed by atoms with E-state index in [1.165, 1.54) is 11.0 Å². The maximum atomic E-state index is 13.3. The van der Waals surface area contributed by atoms with Crippen LogP contribution in [0.1, 0.15) is 5.56 Å². The molecule has 0 saturated carbocycles. The Bertz CT molecular complexity index is 552. The molecule has 0 saturated heterocycles. The minimum absolute atomic E-state index is 0.282. The molecule has 4 heteroatoms. The number of hydrogen-bond donors (Lipinski definition) is 2. The topological polar surface area (TPSA) is 38.0 Å². The number of rotatable bonds is 3. The first-order chi connectivity index (χ1) is 8.60. The molecule has 0 aliphatic heterocycles. The van der Waals surface area contributed by atoms with Gasteiger partial charge < -0.3 is 11.1 Å². The Morgan fingerprint density at radius 3 is 2.44 bits per heavy atom. The molecule has 2 aromatic rings. The lowest BCUT2D eigenvalue weighted by molar-refractivity contribution is 0.619. The first-order valence-electron chi connectivity index (χ1n) is 5.57. The number of aryl methyl sites for hydroxylation is 1. The van der Waals surface area contributed by atoms with Crippen molar-refractivity contribution in [2.75, 3.05) is 17.3 Å². The molecule has 3 N–H and O–H groups in total. The molecule has 0 atom stereocenters. The molecule has 94 valence electrons. The molecule has 2 nitrogen and oxygen atoms in total. The van der Waals surface area contributed by atoms with Crippen LogP contribution >= 0.6 is 11.8 Å². The van der Waals surface area contributed by atoms with Crippen molar-refractivity contribution in [2.24, 2.45) is 0 Å². The van der Waals surface area contributed by atoms with Crippen LogP contribution in [0.25, 0.3) is 0 Å². The Balaban J connectivity index is 2.25. The number of hydrogen-bond acceptors (Lipinski definition) is 3. The Kier molecular flexibility index (Phi) is 3.77. The zero-order valence-corrected chi connectivity index (χ0v) is 11.1. The fraction of sp³-hybridized carbons (Fsp3) is 0.143. The number of nitrogens with one attached hydrogen (secondary N) is 1. The molecular weight excluding hydrogens is 247 g/mol. The van der Waals surface area contributed by atoms with Crippen LogP contribution in [0.2, 0.25) is 0 Å². The van der Waals surface area contributed by atoms with Crippen LogP contribution in [0.4, 0.5) is 21.5 Å². The summed E-state index contributed by atoms with van der Waals surface area (Å²) in [5, 5.41) is 3.19. The zero-order valence-electron chi connectivity index (χ0n) is 10.3.